The molecule has 0 aromatic heterocycles. The molecule has 1 amide bonds. The molecule has 2 N–H and O–H groups in total. The Bertz CT molecular complexity index is 230. The first kappa shape index (κ1) is 14.8. The zero-order valence-electron chi connectivity index (χ0n) is 11.2. The number of piperidine rings is 1. The van der Waals surface area contributed by atoms with Crippen LogP contribution in [0.3, 0.4) is 0 Å². The van der Waals surface area contributed by atoms with Crippen LogP contribution in [0.4, 0.5) is 0 Å². The van der Waals surface area contributed by atoms with Crippen molar-refractivity contribution in [1.29, 1.82) is 0 Å². The minimum absolute atomic E-state index is 0.169. The summed E-state index contributed by atoms with van der Waals surface area (Å²) in [7, 11) is 4.06. The van der Waals surface area contributed by atoms with Crippen molar-refractivity contribution in [3.63, 3.8) is 0 Å². The van der Waals surface area contributed by atoms with Crippen molar-refractivity contribution in [2.24, 2.45) is 0 Å². The van der Waals surface area contributed by atoms with E-state index in [9.17, 15) is 4.79 Å². The number of amides is 1. The molecule has 1 rings (SSSR count). The molecule has 1 heterocycles. The molecule has 5 heteroatoms. The Balaban J connectivity index is 2.08. The summed E-state index contributed by atoms with van der Waals surface area (Å²) in [6, 6.07) is 0.392. The summed E-state index contributed by atoms with van der Waals surface area (Å²) in [6.45, 7) is 5.03. The van der Waals surface area contributed by atoms with Crippen LogP contribution in [0.1, 0.15) is 19.8 Å². The Kier molecular flexibility index (Phi) is 6.92. The molecule has 100 valence electrons. The fraction of sp³-hybridized carbons (Fsp3) is 0.917. The first-order valence-corrected chi connectivity index (χ1v) is 7.40. The molecule has 0 aromatic carbocycles. The lowest BCUT2D eigenvalue weighted by atomic mass is 10.2. The van der Waals surface area contributed by atoms with Gasteiger partial charge in [-0.2, -0.15) is 0 Å². The highest BCUT2D eigenvalue weighted by Gasteiger charge is 2.15. The molecule has 1 aliphatic rings. The summed E-state index contributed by atoms with van der Waals surface area (Å²) in [5, 5.41) is 6.98. The van der Waals surface area contributed by atoms with E-state index in [1.807, 2.05) is 14.1 Å². The minimum atomic E-state index is 0.169. The molecule has 1 aliphatic heterocycles. The van der Waals surface area contributed by atoms with Gasteiger partial charge in [-0.25, -0.2) is 0 Å². The van der Waals surface area contributed by atoms with Gasteiger partial charge in [-0.15, -0.1) is 11.8 Å². The van der Waals surface area contributed by atoms with Gasteiger partial charge in [-0.05, 0) is 47.0 Å². The topological polar surface area (TPSA) is 44.4 Å². The van der Waals surface area contributed by atoms with Gasteiger partial charge in [0.15, 0.2) is 0 Å². The first-order valence-electron chi connectivity index (χ1n) is 6.35. The smallest absolute Gasteiger partial charge is 0.230 e. The number of carbonyl (C=O) groups is 1. The molecule has 0 spiro atoms. The van der Waals surface area contributed by atoms with Crippen LogP contribution in [-0.4, -0.2) is 61.6 Å². The molecule has 4 nitrogen and oxygen atoms in total. The Labute approximate surface area is 109 Å². The number of carbonyl (C=O) groups excluding carboxylic acids is 1. The molecule has 17 heavy (non-hydrogen) atoms. The van der Waals surface area contributed by atoms with Gasteiger partial charge in [0.25, 0.3) is 0 Å². The van der Waals surface area contributed by atoms with Crippen LogP contribution in [0.25, 0.3) is 0 Å². The Hall–Kier alpha value is -0.260. The lowest BCUT2D eigenvalue weighted by Gasteiger charge is -2.22. The molecule has 1 unspecified atom stereocenters. The average Bonchev–Trinajstić information content (AvgIpc) is 2.34. The van der Waals surface area contributed by atoms with Gasteiger partial charge in [0.05, 0.1) is 5.75 Å². The highest BCUT2D eigenvalue weighted by atomic mass is 32.2. The zero-order valence-corrected chi connectivity index (χ0v) is 12.0. The van der Waals surface area contributed by atoms with Gasteiger partial charge >= 0.3 is 0 Å². The average molecular weight is 259 g/mol. The summed E-state index contributed by atoms with van der Waals surface area (Å²) < 4.78 is 0. The molecule has 0 bridgehead atoms. The van der Waals surface area contributed by atoms with E-state index in [2.05, 4.69) is 22.5 Å². The fourth-order valence-electron chi connectivity index (χ4n) is 1.65. The number of hydrogen-bond acceptors (Lipinski definition) is 4. The molecule has 0 aliphatic carbocycles. The molecule has 1 fully saturated rings. The second-order valence-electron chi connectivity index (χ2n) is 4.88. The van der Waals surface area contributed by atoms with Crippen LogP contribution in [0.2, 0.25) is 0 Å². The van der Waals surface area contributed by atoms with Gasteiger partial charge in [-0.3, -0.25) is 4.79 Å². The van der Waals surface area contributed by atoms with Crippen LogP contribution < -0.4 is 10.6 Å². The van der Waals surface area contributed by atoms with Crippen LogP contribution in [-0.2, 0) is 4.79 Å². The van der Waals surface area contributed by atoms with E-state index in [0.717, 1.165) is 19.6 Å². The number of nitrogens with zero attached hydrogens (tertiary/aromatic N) is 1. The monoisotopic (exact) mass is 259 g/mol. The van der Waals surface area contributed by atoms with Crippen molar-refractivity contribution in [3.05, 3.63) is 0 Å². The van der Waals surface area contributed by atoms with E-state index in [-0.39, 0.29) is 5.91 Å². The molecule has 0 saturated carbocycles. The molecule has 0 radical (unpaired) electrons. The summed E-state index contributed by atoms with van der Waals surface area (Å²) in [6.07, 6.45) is 2.37. The van der Waals surface area contributed by atoms with Crippen molar-refractivity contribution < 1.29 is 4.79 Å². The molecule has 1 saturated heterocycles. The van der Waals surface area contributed by atoms with Crippen molar-refractivity contribution in [1.82, 2.24) is 15.5 Å². The number of likely N-dealkylation sites (N-methyl/N-ethyl adjacent to an activating group) is 1. The Morgan fingerprint density at radius 2 is 2.12 bits per heavy atom. The van der Waals surface area contributed by atoms with Crippen molar-refractivity contribution in [2.75, 3.05) is 39.5 Å². The van der Waals surface area contributed by atoms with Crippen molar-refractivity contribution in [2.45, 2.75) is 31.1 Å². The zero-order chi connectivity index (χ0) is 12.7. The lowest BCUT2D eigenvalue weighted by Crippen LogP contribution is -2.39. The normalized spacial score (nSPS) is 19.3. The molecular formula is C12H25N3OS. The van der Waals surface area contributed by atoms with E-state index in [1.165, 1.54) is 12.8 Å². The van der Waals surface area contributed by atoms with Crippen LogP contribution in [0.5, 0.6) is 0 Å². The van der Waals surface area contributed by atoms with Crippen molar-refractivity contribution in [3.8, 4) is 0 Å². The van der Waals surface area contributed by atoms with E-state index in [1.54, 1.807) is 11.8 Å². The van der Waals surface area contributed by atoms with Crippen molar-refractivity contribution >= 4 is 17.7 Å². The minimum Gasteiger partial charge on any atom is -0.354 e. The molecule has 1 atom stereocenters. The van der Waals surface area contributed by atoms with Crippen LogP contribution in [0.15, 0.2) is 0 Å². The number of nitrogens with one attached hydrogen (secondary N) is 2. The second-order valence-corrected chi connectivity index (χ2v) is 6.17. The van der Waals surface area contributed by atoms with E-state index >= 15 is 0 Å². The third-order valence-corrected chi connectivity index (χ3v) is 4.58. The second kappa shape index (κ2) is 7.95. The van der Waals surface area contributed by atoms with E-state index in [0.29, 0.717) is 17.0 Å². The van der Waals surface area contributed by atoms with E-state index in [4.69, 9.17) is 0 Å². The summed E-state index contributed by atoms with van der Waals surface area (Å²) in [5.41, 5.74) is 0. The number of hydrogen-bond donors (Lipinski definition) is 2. The Morgan fingerprint density at radius 1 is 1.47 bits per heavy atom. The van der Waals surface area contributed by atoms with Gasteiger partial charge in [0.2, 0.25) is 5.91 Å². The fourth-order valence-corrected chi connectivity index (χ4v) is 2.71. The summed E-state index contributed by atoms with van der Waals surface area (Å²) in [4.78, 5) is 13.8. The third-order valence-electron chi connectivity index (χ3n) is 3.21. The quantitative estimate of drug-likeness (QED) is 0.731. The molecule has 0 aromatic rings. The molecular weight excluding hydrogens is 234 g/mol. The maximum atomic E-state index is 11.6. The highest BCUT2D eigenvalue weighted by molar-refractivity contribution is 8.00. The largest absolute Gasteiger partial charge is 0.354 e. The Morgan fingerprint density at radius 3 is 2.71 bits per heavy atom. The van der Waals surface area contributed by atoms with E-state index < -0.39 is 0 Å². The first-order chi connectivity index (χ1) is 8.09. The van der Waals surface area contributed by atoms with Crippen LogP contribution in [0, 0.1) is 0 Å². The number of rotatable bonds is 6. The maximum Gasteiger partial charge on any atom is 0.230 e. The SMILES string of the molecule is CC(CNC(=O)CSC1CCNCC1)N(C)C. The summed E-state index contributed by atoms with van der Waals surface area (Å²) >= 11 is 1.80. The predicted octanol–water partition coefficient (Wildman–Crippen LogP) is 0.538. The summed E-state index contributed by atoms with van der Waals surface area (Å²) in [5.74, 6) is 0.771. The third kappa shape index (κ3) is 6.29. The van der Waals surface area contributed by atoms with Gasteiger partial charge in [-0.1, -0.05) is 0 Å². The maximum absolute atomic E-state index is 11.6. The van der Waals surface area contributed by atoms with Crippen LogP contribution >= 0.6 is 11.8 Å². The number of thioether (sulfide) groups is 1. The van der Waals surface area contributed by atoms with Gasteiger partial charge in [0.1, 0.15) is 0 Å². The highest BCUT2D eigenvalue weighted by Crippen LogP contribution is 2.19. The van der Waals surface area contributed by atoms with Gasteiger partial charge < -0.3 is 15.5 Å². The standard InChI is InChI=1S/C12H25N3OS/c1-10(15(2)3)8-14-12(16)9-17-11-4-6-13-7-5-11/h10-11,13H,4-9H2,1-3H3,(H,14,16). The lowest BCUT2D eigenvalue weighted by molar-refractivity contribution is -0.118. The predicted molar refractivity (Wildman–Crippen MR) is 74.5 cm³/mol. The van der Waals surface area contributed by atoms with Gasteiger partial charge in [0, 0.05) is 17.8 Å².